The van der Waals surface area contributed by atoms with Crippen LogP contribution in [0.3, 0.4) is 0 Å². The van der Waals surface area contributed by atoms with Gasteiger partial charge in [0.05, 0.1) is 28.4 Å². The molecule has 0 aliphatic carbocycles. The fourth-order valence-electron chi connectivity index (χ4n) is 1.97. The Balaban J connectivity index is 1.76. The van der Waals surface area contributed by atoms with Crippen molar-refractivity contribution in [3.05, 3.63) is 65.0 Å². The molecule has 0 bridgehead atoms. The zero-order valence-corrected chi connectivity index (χ0v) is 12.2. The van der Waals surface area contributed by atoms with Crippen molar-refractivity contribution in [3.8, 4) is 17.5 Å². The molecule has 0 amide bonds. The van der Waals surface area contributed by atoms with Gasteiger partial charge in [-0.3, -0.25) is 0 Å². The zero-order chi connectivity index (χ0) is 15.4. The van der Waals surface area contributed by atoms with Gasteiger partial charge in [0, 0.05) is 0 Å². The molecular weight excluding hydrogens is 300 g/mol. The summed E-state index contributed by atoms with van der Waals surface area (Å²) in [5, 5.41) is 20.7. The molecule has 1 heterocycles. The number of hydrogen-bond acceptors (Lipinski definition) is 5. The molecule has 0 aliphatic rings. The first-order valence-corrected chi connectivity index (χ1v) is 6.96. The summed E-state index contributed by atoms with van der Waals surface area (Å²) in [7, 11) is 0. The van der Waals surface area contributed by atoms with Crippen LogP contribution in [-0.4, -0.2) is 10.2 Å². The number of aromatic nitrogens is 2. The lowest BCUT2D eigenvalue weighted by Crippen LogP contribution is -2.01. The highest BCUT2D eigenvalue weighted by molar-refractivity contribution is 6.33. The van der Waals surface area contributed by atoms with Crippen LogP contribution >= 0.6 is 11.6 Å². The van der Waals surface area contributed by atoms with Crippen molar-refractivity contribution < 1.29 is 4.42 Å². The van der Waals surface area contributed by atoms with Gasteiger partial charge in [0.2, 0.25) is 11.8 Å². The summed E-state index contributed by atoms with van der Waals surface area (Å²) in [6.45, 7) is 0.330. The van der Waals surface area contributed by atoms with Gasteiger partial charge in [-0.15, -0.1) is 10.2 Å². The van der Waals surface area contributed by atoms with Crippen LogP contribution in [0.15, 0.2) is 52.9 Å². The largest absolute Gasteiger partial charge is 0.419 e. The van der Waals surface area contributed by atoms with Gasteiger partial charge in [-0.25, -0.2) is 0 Å². The van der Waals surface area contributed by atoms with E-state index in [4.69, 9.17) is 21.3 Å². The summed E-state index contributed by atoms with van der Waals surface area (Å²) in [6.07, 6.45) is 0. The molecule has 6 heteroatoms. The lowest BCUT2D eigenvalue weighted by Gasteiger charge is -2.04. The molecule has 2 aromatic carbocycles. The van der Waals surface area contributed by atoms with E-state index in [0.717, 1.165) is 5.69 Å². The highest BCUT2D eigenvalue weighted by Gasteiger charge is 2.11. The Bertz CT molecular complexity index is 838. The monoisotopic (exact) mass is 310 g/mol. The molecule has 0 fully saturated rings. The van der Waals surface area contributed by atoms with E-state index in [9.17, 15) is 0 Å². The Hall–Kier alpha value is -2.84. The number of hydrogen-bond donors (Lipinski definition) is 1. The van der Waals surface area contributed by atoms with Crippen molar-refractivity contribution in [2.75, 3.05) is 5.32 Å². The van der Waals surface area contributed by atoms with Crippen LogP contribution in [0.25, 0.3) is 11.5 Å². The highest BCUT2D eigenvalue weighted by Crippen LogP contribution is 2.26. The van der Waals surface area contributed by atoms with Gasteiger partial charge in [0.1, 0.15) is 6.07 Å². The summed E-state index contributed by atoms with van der Waals surface area (Å²) in [5.74, 6) is 0.790. The van der Waals surface area contributed by atoms with Crippen LogP contribution in [0.2, 0.25) is 5.02 Å². The van der Waals surface area contributed by atoms with Crippen molar-refractivity contribution in [1.29, 1.82) is 5.26 Å². The maximum Gasteiger partial charge on any atom is 0.249 e. The lowest BCUT2D eigenvalue weighted by molar-refractivity contribution is 0.515. The minimum Gasteiger partial charge on any atom is -0.419 e. The van der Waals surface area contributed by atoms with Crippen molar-refractivity contribution in [1.82, 2.24) is 10.2 Å². The first-order valence-electron chi connectivity index (χ1n) is 6.58. The Morgan fingerprint density at radius 2 is 1.86 bits per heavy atom. The minimum absolute atomic E-state index is 0.330. The van der Waals surface area contributed by atoms with E-state index in [0.29, 0.717) is 34.5 Å². The normalized spacial score (nSPS) is 10.2. The number of rotatable bonds is 4. The zero-order valence-electron chi connectivity index (χ0n) is 11.5. The molecule has 22 heavy (non-hydrogen) atoms. The van der Waals surface area contributed by atoms with Crippen LogP contribution in [0.4, 0.5) is 5.69 Å². The SMILES string of the molecule is N#Cc1ccccc1NCc1nnc(-c2ccccc2Cl)o1. The van der Waals surface area contributed by atoms with Crippen LogP contribution in [-0.2, 0) is 6.54 Å². The van der Waals surface area contributed by atoms with Crippen LogP contribution < -0.4 is 5.32 Å². The molecular formula is C16H11ClN4O. The van der Waals surface area contributed by atoms with Gasteiger partial charge < -0.3 is 9.73 Å². The molecule has 1 N–H and O–H groups in total. The number of halogens is 1. The smallest absolute Gasteiger partial charge is 0.249 e. The Morgan fingerprint density at radius 1 is 1.09 bits per heavy atom. The molecule has 0 unspecified atom stereocenters. The first kappa shape index (κ1) is 14.1. The van der Waals surface area contributed by atoms with Gasteiger partial charge in [-0.1, -0.05) is 35.9 Å². The lowest BCUT2D eigenvalue weighted by atomic mass is 10.2. The summed E-state index contributed by atoms with van der Waals surface area (Å²) >= 11 is 6.10. The van der Waals surface area contributed by atoms with Crippen molar-refractivity contribution in [2.45, 2.75) is 6.54 Å². The molecule has 0 aliphatic heterocycles. The number of anilines is 1. The Labute approximate surface area is 132 Å². The number of benzene rings is 2. The number of para-hydroxylation sites is 1. The summed E-state index contributed by atoms with van der Waals surface area (Å²) in [4.78, 5) is 0. The van der Waals surface area contributed by atoms with E-state index in [2.05, 4.69) is 21.6 Å². The van der Waals surface area contributed by atoms with E-state index in [1.54, 1.807) is 12.1 Å². The molecule has 108 valence electrons. The molecule has 0 atom stereocenters. The third-order valence-electron chi connectivity index (χ3n) is 3.05. The third kappa shape index (κ3) is 2.92. The van der Waals surface area contributed by atoms with Crippen LogP contribution in [0.5, 0.6) is 0 Å². The van der Waals surface area contributed by atoms with E-state index in [1.165, 1.54) is 0 Å². The second kappa shape index (κ2) is 6.29. The molecule has 1 aromatic heterocycles. The molecule has 0 radical (unpaired) electrons. The Morgan fingerprint density at radius 3 is 2.68 bits per heavy atom. The fourth-order valence-corrected chi connectivity index (χ4v) is 2.19. The van der Waals surface area contributed by atoms with Gasteiger partial charge in [-0.05, 0) is 24.3 Å². The van der Waals surface area contributed by atoms with Gasteiger partial charge in [0.25, 0.3) is 0 Å². The average Bonchev–Trinajstić information content (AvgIpc) is 3.02. The molecule has 3 rings (SSSR count). The first-order chi connectivity index (χ1) is 10.8. The maximum absolute atomic E-state index is 9.04. The second-order valence-electron chi connectivity index (χ2n) is 4.49. The highest BCUT2D eigenvalue weighted by atomic mass is 35.5. The number of nitrogens with zero attached hydrogens (tertiary/aromatic N) is 3. The maximum atomic E-state index is 9.04. The second-order valence-corrected chi connectivity index (χ2v) is 4.90. The van der Waals surface area contributed by atoms with Gasteiger partial charge in [-0.2, -0.15) is 5.26 Å². The van der Waals surface area contributed by atoms with Crippen LogP contribution in [0, 0.1) is 11.3 Å². The molecule has 0 saturated carbocycles. The third-order valence-corrected chi connectivity index (χ3v) is 3.38. The minimum atomic E-state index is 0.330. The van der Waals surface area contributed by atoms with Gasteiger partial charge >= 0.3 is 0 Å². The van der Waals surface area contributed by atoms with Crippen molar-refractivity contribution >= 4 is 17.3 Å². The fraction of sp³-hybridized carbons (Fsp3) is 0.0625. The molecule has 5 nitrogen and oxygen atoms in total. The number of nitriles is 1. The average molecular weight is 311 g/mol. The van der Waals surface area contributed by atoms with E-state index in [-0.39, 0.29) is 0 Å². The molecule has 3 aromatic rings. The Kier molecular flexibility index (Phi) is 4.03. The number of nitrogens with one attached hydrogen (secondary N) is 1. The standard InChI is InChI=1S/C16H11ClN4O/c17-13-7-3-2-6-12(13)16-21-20-15(22-16)10-19-14-8-4-1-5-11(14)9-18/h1-8,19H,10H2. The van der Waals surface area contributed by atoms with E-state index in [1.807, 2.05) is 36.4 Å². The van der Waals surface area contributed by atoms with Crippen LogP contribution in [0.1, 0.15) is 11.5 Å². The van der Waals surface area contributed by atoms with Crippen molar-refractivity contribution in [3.63, 3.8) is 0 Å². The molecule has 0 saturated heterocycles. The molecule has 0 spiro atoms. The summed E-state index contributed by atoms with van der Waals surface area (Å²) in [5.41, 5.74) is 1.98. The van der Waals surface area contributed by atoms with Crippen molar-refractivity contribution in [2.24, 2.45) is 0 Å². The van der Waals surface area contributed by atoms with E-state index >= 15 is 0 Å². The summed E-state index contributed by atoms with van der Waals surface area (Å²) < 4.78 is 5.59. The topological polar surface area (TPSA) is 74.7 Å². The van der Waals surface area contributed by atoms with E-state index < -0.39 is 0 Å². The quantitative estimate of drug-likeness (QED) is 0.791. The van der Waals surface area contributed by atoms with Gasteiger partial charge in [0.15, 0.2) is 0 Å². The predicted octanol–water partition coefficient (Wildman–Crippen LogP) is 3.87. The summed E-state index contributed by atoms with van der Waals surface area (Å²) in [6, 6.07) is 16.6. The predicted molar refractivity (Wildman–Crippen MR) is 83.2 cm³/mol.